The van der Waals surface area contributed by atoms with Crippen LogP contribution in [0.5, 0.6) is 0 Å². The van der Waals surface area contributed by atoms with E-state index in [0.717, 1.165) is 59.3 Å². The number of rotatable bonds is 16. The summed E-state index contributed by atoms with van der Waals surface area (Å²) >= 11 is 0. The molecule has 0 aromatic heterocycles. The molecule has 414 valence electrons. The smallest absolute Gasteiger partial charge is 0.303 e. The predicted octanol–water partition coefficient (Wildman–Crippen LogP) is 8.27. The van der Waals surface area contributed by atoms with E-state index in [9.17, 15) is 33.9 Å². The third-order valence-electron chi connectivity index (χ3n) is 18.9. The fourth-order valence-corrected chi connectivity index (χ4v) is 15.6. The van der Waals surface area contributed by atoms with Gasteiger partial charge in [0.25, 0.3) is 0 Å². The van der Waals surface area contributed by atoms with E-state index in [1.807, 2.05) is 20.8 Å². The number of carbonyl (C=O) groups excluding carboxylic acids is 6. The maximum atomic E-state index is 13.0. The summed E-state index contributed by atoms with van der Waals surface area (Å²) in [6.45, 7) is 28.7. The average molecular weight is 1030 g/mol. The Hall–Kier alpha value is -3.64. The number of hydrogen-bond donors (Lipinski definition) is 1. The van der Waals surface area contributed by atoms with Crippen LogP contribution in [-0.2, 0) is 76.1 Å². The first-order valence-electron chi connectivity index (χ1n) is 26.9. The average Bonchev–Trinajstić information content (AvgIpc) is 3.65. The van der Waals surface area contributed by atoms with Crippen LogP contribution >= 0.6 is 0 Å². The van der Waals surface area contributed by atoms with Crippen molar-refractivity contribution in [2.75, 3.05) is 6.61 Å². The number of hydrogen-bond acceptors (Lipinski definition) is 17. The van der Waals surface area contributed by atoms with Gasteiger partial charge in [-0.2, -0.15) is 0 Å². The van der Waals surface area contributed by atoms with Gasteiger partial charge in [0.1, 0.15) is 31.0 Å². The van der Waals surface area contributed by atoms with Crippen LogP contribution in [0.15, 0.2) is 11.6 Å². The van der Waals surface area contributed by atoms with E-state index in [-0.39, 0.29) is 52.0 Å². The second-order valence-corrected chi connectivity index (χ2v) is 24.3. The van der Waals surface area contributed by atoms with Crippen molar-refractivity contribution >= 4 is 35.8 Å². The highest BCUT2D eigenvalue weighted by Gasteiger charge is 2.72. The standard InChI is InChI=1S/C56H88O17/c1-17-38-30(4)45(66-33(7)59)48(73-51-49(69-36(10)62)47(68-35(9)61)46(67-34(8)60)40(71-51)28-64-31(5)57)50(70-38)72-43-22-24-53(13)41(52(43,11)12)21-26-54(14)42(53)27-39(65-32(6)58)44-37(20-25-55(44,54)15)56(16,63)23-18-19-29(2)3/h19,30,37-51,63H,17-18,20-28H2,1-16H3/t30-,37?,38-,39+,40-,41?,42?,43?,44?,45+,46-,47+,48-,49-,50+,51?,53-,54+,55+,56+/m1/s1. The third kappa shape index (κ3) is 11.9. The minimum absolute atomic E-state index is 0.00554. The van der Waals surface area contributed by atoms with Gasteiger partial charge in [-0.05, 0) is 124 Å². The molecule has 0 radical (unpaired) electrons. The summed E-state index contributed by atoms with van der Waals surface area (Å²) in [5.74, 6) is -4.07. The molecule has 0 spiro atoms. The van der Waals surface area contributed by atoms with Crippen molar-refractivity contribution in [3.8, 4) is 0 Å². The first-order chi connectivity index (χ1) is 33.9. The highest BCUT2D eigenvalue weighted by Crippen LogP contribution is 2.76. The summed E-state index contributed by atoms with van der Waals surface area (Å²) in [4.78, 5) is 76.2. The lowest BCUT2D eigenvalue weighted by Crippen LogP contribution is -2.68. The SMILES string of the molecule is CC[C@H]1O[C@@H](OC2CC[C@]3(C)C(CC[C@@]4(C)C3C[C@H](OC(C)=O)C3C([C@@](C)(O)CCC=C(C)C)CC[C@@]34C)C2(C)C)[C@H](OC2O[C@H](COC(C)=O)[C@@H](OC(C)=O)[C@H](OC(C)=O)[C@H]2OC(C)=O)[C@@H](OC(C)=O)[C@@H]1C. The van der Waals surface area contributed by atoms with Gasteiger partial charge in [0.15, 0.2) is 30.9 Å². The molecule has 6 unspecified atom stereocenters. The second-order valence-electron chi connectivity index (χ2n) is 24.3. The summed E-state index contributed by atoms with van der Waals surface area (Å²) in [7, 11) is 0. The highest BCUT2D eigenvalue weighted by molar-refractivity contribution is 5.69. The molecule has 0 amide bonds. The number of fused-ring (bicyclic) bond motifs is 5. The van der Waals surface area contributed by atoms with Gasteiger partial charge in [0.2, 0.25) is 0 Å². The summed E-state index contributed by atoms with van der Waals surface area (Å²) in [6.07, 6.45) is -2.03. The molecular weight excluding hydrogens is 945 g/mol. The Kier molecular flexibility index (Phi) is 18.1. The quantitative estimate of drug-likeness (QED) is 0.0666. The molecule has 73 heavy (non-hydrogen) atoms. The number of aliphatic hydroxyl groups is 1. The van der Waals surface area contributed by atoms with E-state index >= 15 is 0 Å². The molecule has 2 heterocycles. The molecule has 6 fully saturated rings. The lowest BCUT2D eigenvalue weighted by molar-refractivity contribution is -0.373. The fourth-order valence-electron chi connectivity index (χ4n) is 15.6. The second kappa shape index (κ2) is 22.5. The molecule has 0 aromatic carbocycles. The predicted molar refractivity (Wildman–Crippen MR) is 265 cm³/mol. The molecule has 20 atom stereocenters. The van der Waals surface area contributed by atoms with Crippen LogP contribution in [0.3, 0.4) is 0 Å². The Labute approximate surface area is 433 Å². The summed E-state index contributed by atoms with van der Waals surface area (Å²) < 4.78 is 62.3. The van der Waals surface area contributed by atoms with Crippen LogP contribution in [0.2, 0.25) is 0 Å². The van der Waals surface area contributed by atoms with E-state index in [0.29, 0.717) is 25.7 Å². The number of esters is 6. The van der Waals surface area contributed by atoms with Crippen molar-refractivity contribution in [1.82, 2.24) is 0 Å². The molecule has 1 N–H and O–H groups in total. The molecule has 4 aliphatic carbocycles. The number of carbonyl (C=O) groups is 6. The van der Waals surface area contributed by atoms with Crippen LogP contribution in [0.1, 0.15) is 175 Å². The molecular formula is C56H88O17. The van der Waals surface area contributed by atoms with Gasteiger partial charge in [-0.15, -0.1) is 0 Å². The van der Waals surface area contributed by atoms with Crippen LogP contribution in [0.4, 0.5) is 0 Å². The van der Waals surface area contributed by atoms with Gasteiger partial charge >= 0.3 is 35.8 Å². The maximum absolute atomic E-state index is 13.0. The van der Waals surface area contributed by atoms with E-state index in [1.165, 1.54) is 26.3 Å². The highest BCUT2D eigenvalue weighted by atomic mass is 16.8. The van der Waals surface area contributed by atoms with Crippen LogP contribution in [0.25, 0.3) is 0 Å². The minimum atomic E-state index is -1.60. The Morgan fingerprint density at radius 2 is 1.18 bits per heavy atom. The lowest BCUT2D eigenvalue weighted by Gasteiger charge is -2.71. The summed E-state index contributed by atoms with van der Waals surface area (Å²) in [6, 6.07) is 0. The van der Waals surface area contributed by atoms with Crippen molar-refractivity contribution in [3.63, 3.8) is 0 Å². The van der Waals surface area contributed by atoms with Crippen LogP contribution in [0, 0.1) is 51.2 Å². The zero-order valence-corrected chi connectivity index (χ0v) is 46.6. The Bertz CT molecular complexity index is 2060. The van der Waals surface area contributed by atoms with Gasteiger partial charge in [0, 0.05) is 53.4 Å². The van der Waals surface area contributed by atoms with Gasteiger partial charge < -0.3 is 52.5 Å². The Morgan fingerprint density at radius 1 is 0.630 bits per heavy atom. The molecule has 17 heteroatoms. The van der Waals surface area contributed by atoms with Crippen LogP contribution < -0.4 is 0 Å². The van der Waals surface area contributed by atoms with Gasteiger partial charge in [-0.1, -0.05) is 60.1 Å². The number of ether oxygens (including phenoxy) is 10. The van der Waals surface area contributed by atoms with E-state index < -0.39 is 115 Å². The molecule has 0 aromatic rings. The van der Waals surface area contributed by atoms with Crippen LogP contribution in [-0.4, -0.2) is 121 Å². The molecule has 0 bridgehead atoms. The molecule has 6 aliphatic rings. The summed E-state index contributed by atoms with van der Waals surface area (Å²) in [5.41, 5.74) is -0.720. The summed E-state index contributed by atoms with van der Waals surface area (Å²) in [5, 5.41) is 12.3. The fraction of sp³-hybridized carbons (Fsp3) is 0.857. The molecule has 6 rings (SSSR count). The third-order valence-corrected chi connectivity index (χ3v) is 18.9. The largest absolute Gasteiger partial charge is 0.463 e. The van der Waals surface area contributed by atoms with Gasteiger partial charge in [-0.25, -0.2) is 0 Å². The van der Waals surface area contributed by atoms with Crippen molar-refractivity contribution in [3.05, 3.63) is 11.6 Å². The zero-order chi connectivity index (χ0) is 54.3. The normalized spacial score (nSPS) is 41.5. The monoisotopic (exact) mass is 1030 g/mol. The van der Waals surface area contributed by atoms with E-state index in [4.69, 9.17) is 47.4 Å². The zero-order valence-electron chi connectivity index (χ0n) is 46.6. The molecule has 17 nitrogen and oxygen atoms in total. The first-order valence-corrected chi connectivity index (χ1v) is 26.9. The van der Waals surface area contributed by atoms with Gasteiger partial charge in [0.05, 0.1) is 17.8 Å². The molecule has 2 saturated heterocycles. The topological polar surface area (TPSA) is 215 Å². The minimum Gasteiger partial charge on any atom is -0.463 e. The number of allylic oxidation sites excluding steroid dienone is 2. The Balaban J connectivity index is 1.35. The van der Waals surface area contributed by atoms with Crippen molar-refractivity contribution < 1.29 is 81.2 Å². The molecule has 2 aliphatic heterocycles. The Morgan fingerprint density at radius 3 is 1.75 bits per heavy atom. The lowest BCUT2D eigenvalue weighted by atomic mass is 9.35. The van der Waals surface area contributed by atoms with E-state index in [1.54, 1.807) is 0 Å². The van der Waals surface area contributed by atoms with Crippen molar-refractivity contribution in [2.24, 2.45) is 51.2 Å². The van der Waals surface area contributed by atoms with Gasteiger partial charge in [-0.3, -0.25) is 28.8 Å². The van der Waals surface area contributed by atoms with Crippen molar-refractivity contribution in [1.29, 1.82) is 0 Å². The first kappa shape index (κ1) is 58.6. The van der Waals surface area contributed by atoms with E-state index in [2.05, 4.69) is 54.5 Å². The maximum Gasteiger partial charge on any atom is 0.303 e. The van der Waals surface area contributed by atoms with Crippen molar-refractivity contribution in [2.45, 2.75) is 248 Å². The molecule has 4 saturated carbocycles.